The minimum absolute atomic E-state index is 0.0260. The van der Waals surface area contributed by atoms with Gasteiger partial charge < -0.3 is 33.2 Å². The molecule has 7 nitrogen and oxygen atoms in total. The molecular weight excluding hydrogens is 388 g/mol. The lowest BCUT2D eigenvalue weighted by molar-refractivity contribution is -0.268. The second-order valence-corrected chi connectivity index (χ2v) is 8.00. The average Bonchev–Trinajstić information content (AvgIpc) is 3.04. The minimum atomic E-state index is -0.198. The molecular formula is C23H38O7. The molecule has 0 saturated carbocycles. The van der Waals surface area contributed by atoms with Gasteiger partial charge in [-0.15, -0.1) is 13.2 Å². The van der Waals surface area contributed by atoms with Gasteiger partial charge in [0.15, 0.2) is 12.6 Å². The van der Waals surface area contributed by atoms with Gasteiger partial charge in [0.05, 0.1) is 44.7 Å². The molecule has 3 aliphatic rings. The molecule has 3 fully saturated rings. The van der Waals surface area contributed by atoms with E-state index in [9.17, 15) is 0 Å². The van der Waals surface area contributed by atoms with Crippen molar-refractivity contribution in [1.82, 2.24) is 0 Å². The van der Waals surface area contributed by atoms with Crippen molar-refractivity contribution in [2.45, 2.75) is 81.9 Å². The van der Waals surface area contributed by atoms with E-state index in [1.54, 1.807) is 12.2 Å². The molecule has 3 rings (SSSR count). The molecule has 0 bridgehead atoms. The molecule has 0 radical (unpaired) electrons. The molecule has 7 heteroatoms. The SMILES string of the molecule is C=CCOCCC[C@@H]1OC[C@H]2O[C@H]3CCO[C@H](CCCOCC=C)O[C@@H]3CC[C@@H]2O1. The van der Waals surface area contributed by atoms with Crippen LogP contribution in [0, 0.1) is 0 Å². The molecule has 3 aliphatic heterocycles. The van der Waals surface area contributed by atoms with E-state index in [2.05, 4.69) is 13.2 Å². The highest BCUT2D eigenvalue weighted by atomic mass is 16.7. The van der Waals surface area contributed by atoms with Gasteiger partial charge in [0.2, 0.25) is 0 Å². The molecule has 3 saturated heterocycles. The Morgan fingerprint density at radius 2 is 1.27 bits per heavy atom. The second kappa shape index (κ2) is 13.6. The number of hydrogen-bond acceptors (Lipinski definition) is 7. The summed E-state index contributed by atoms with van der Waals surface area (Å²) >= 11 is 0. The molecule has 0 aromatic rings. The summed E-state index contributed by atoms with van der Waals surface area (Å²) < 4.78 is 41.6. The maximum absolute atomic E-state index is 6.38. The van der Waals surface area contributed by atoms with Crippen LogP contribution in [0.15, 0.2) is 25.3 Å². The third kappa shape index (κ3) is 7.71. The van der Waals surface area contributed by atoms with E-state index < -0.39 is 0 Å². The Bertz CT molecular complexity index is 500. The second-order valence-electron chi connectivity index (χ2n) is 8.00. The van der Waals surface area contributed by atoms with Crippen molar-refractivity contribution in [3.8, 4) is 0 Å². The molecule has 0 aliphatic carbocycles. The summed E-state index contributed by atoms with van der Waals surface area (Å²) in [5.41, 5.74) is 0. The van der Waals surface area contributed by atoms with Crippen molar-refractivity contribution in [2.75, 3.05) is 39.6 Å². The highest BCUT2D eigenvalue weighted by molar-refractivity contribution is 4.86. The average molecular weight is 427 g/mol. The van der Waals surface area contributed by atoms with Gasteiger partial charge in [-0.1, -0.05) is 12.2 Å². The summed E-state index contributed by atoms with van der Waals surface area (Å²) in [5.74, 6) is 0. The first-order valence-electron chi connectivity index (χ1n) is 11.4. The van der Waals surface area contributed by atoms with Crippen LogP contribution < -0.4 is 0 Å². The first-order chi connectivity index (χ1) is 14.8. The topological polar surface area (TPSA) is 64.6 Å². The molecule has 172 valence electrons. The van der Waals surface area contributed by atoms with Crippen LogP contribution in [0.25, 0.3) is 0 Å². The summed E-state index contributed by atoms with van der Waals surface area (Å²) in [6.07, 6.45) is 9.33. The van der Waals surface area contributed by atoms with Crippen molar-refractivity contribution in [3.05, 3.63) is 25.3 Å². The lowest BCUT2D eigenvalue weighted by atomic mass is 10.0. The monoisotopic (exact) mass is 426 g/mol. The van der Waals surface area contributed by atoms with Gasteiger partial charge >= 0.3 is 0 Å². The van der Waals surface area contributed by atoms with Gasteiger partial charge in [-0.3, -0.25) is 0 Å². The fourth-order valence-corrected chi connectivity index (χ4v) is 4.14. The van der Waals surface area contributed by atoms with E-state index in [1.807, 2.05) is 0 Å². The predicted octanol–water partition coefficient (Wildman–Crippen LogP) is 3.37. The van der Waals surface area contributed by atoms with Crippen LogP contribution in [-0.2, 0) is 33.2 Å². The first-order valence-corrected chi connectivity index (χ1v) is 11.4. The van der Waals surface area contributed by atoms with Crippen molar-refractivity contribution < 1.29 is 33.2 Å². The highest BCUT2D eigenvalue weighted by Gasteiger charge is 2.41. The number of rotatable bonds is 12. The Morgan fingerprint density at radius 1 is 0.700 bits per heavy atom. The van der Waals surface area contributed by atoms with Crippen LogP contribution in [0.2, 0.25) is 0 Å². The number of ether oxygens (including phenoxy) is 7. The minimum Gasteiger partial charge on any atom is -0.377 e. The number of hydrogen-bond donors (Lipinski definition) is 0. The van der Waals surface area contributed by atoms with Gasteiger partial charge in [0, 0.05) is 26.1 Å². The van der Waals surface area contributed by atoms with E-state index in [-0.39, 0.29) is 37.0 Å². The van der Waals surface area contributed by atoms with Crippen LogP contribution >= 0.6 is 0 Å². The van der Waals surface area contributed by atoms with Crippen LogP contribution in [0.5, 0.6) is 0 Å². The van der Waals surface area contributed by atoms with Gasteiger partial charge in [-0.2, -0.15) is 0 Å². The molecule has 0 aromatic heterocycles. The predicted molar refractivity (Wildman–Crippen MR) is 112 cm³/mol. The van der Waals surface area contributed by atoms with Crippen molar-refractivity contribution >= 4 is 0 Å². The quantitative estimate of drug-likeness (QED) is 0.350. The van der Waals surface area contributed by atoms with Crippen molar-refractivity contribution in [1.29, 1.82) is 0 Å². The fourth-order valence-electron chi connectivity index (χ4n) is 4.14. The molecule has 0 spiro atoms. The normalized spacial score (nSPS) is 34.3. The lowest BCUT2D eigenvalue weighted by Gasteiger charge is -2.36. The van der Waals surface area contributed by atoms with Gasteiger partial charge in [-0.25, -0.2) is 0 Å². The zero-order chi connectivity index (χ0) is 21.0. The maximum atomic E-state index is 6.38. The Morgan fingerprint density at radius 3 is 1.90 bits per heavy atom. The summed E-state index contributed by atoms with van der Waals surface area (Å²) in [7, 11) is 0. The molecule has 0 N–H and O–H groups in total. The molecule has 0 unspecified atom stereocenters. The number of fused-ring (bicyclic) bond motifs is 2. The van der Waals surface area contributed by atoms with Crippen LogP contribution in [0.1, 0.15) is 44.9 Å². The van der Waals surface area contributed by atoms with Gasteiger partial charge in [-0.05, 0) is 32.1 Å². The smallest absolute Gasteiger partial charge is 0.158 e. The van der Waals surface area contributed by atoms with Crippen LogP contribution in [-0.4, -0.2) is 76.6 Å². The summed E-state index contributed by atoms with van der Waals surface area (Å²) in [5, 5.41) is 0. The molecule has 3 heterocycles. The van der Waals surface area contributed by atoms with E-state index >= 15 is 0 Å². The standard InChI is InChI=1S/C23H38O7/c1-3-12-24-14-5-7-22-26-16-11-20-18(29-22)9-10-19-21(28-20)17-27-23(30-19)8-6-15-25-13-4-2/h3-4,18-23H,1-2,5-17H2/t18-,19+,20+,21-,22+,23-/m1/s1. The van der Waals surface area contributed by atoms with Crippen LogP contribution in [0.4, 0.5) is 0 Å². The molecule has 6 atom stereocenters. The molecule has 30 heavy (non-hydrogen) atoms. The summed E-state index contributed by atoms with van der Waals surface area (Å²) in [4.78, 5) is 0. The Kier molecular flexibility index (Phi) is 10.8. The van der Waals surface area contributed by atoms with E-state index in [1.165, 1.54) is 0 Å². The summed E-state index contributed by atoms with van der Waals surface area (Å²) in [6.45, 7) is 11.1. The van der Waals surface area contributed by atoms with Crippen LogP contribution in [0.3, 0.4) is 0 Å². The van der Waals surface area contributed by atoms with E-state index in [0.29, 0.717) is 39.6 Å². The highest BCUT2D eigenvalue weighted by Crippen LogP contribution is 2.32. The van der Waals surface area contributed by atoms with Gasteiger partial charge in [0.25, 0.3) is 0 Å². The van der Waals surface area contributed by atoms with Gasteiger partial charge in [0.1, 0.15) is 6.10 Å². The van der Waals surface area contributed by atoms with E-state index in [0.717, 1.165) is 44.9 Å². The largest absolute Gasteiger partial charge is 0.377 e. The third-order valence-corrected chi connectivity index (χ3v) is 5.65. The molecule has 0 aromatic carbocycles. The fraction of sp³-hybridized carbons (Fsp3) is 0.826. The lowest BCUT2D eigenvalue weighted by Crippen LogP contribution is -2.46. The Balaban J connectivity index is 1.41. The van der Waals surface area contributed by atoms with Crippen molar-refractivity contribution in [3.63, 3.8) is 0 Å². The van der Waals surface area contributed by atoms with Crippen molar-refractivity contribution in [2.24, 2.45) is 0 Å². The summed E-state index contributed by atoms with van der Waals surface area (Å²) in [6, 6.07) is 0. The maximum Gasteiger partial charge on any atom is 0.158 e. The first kappa shape index (κ1) is 23.9. The zero-order valence-corrected chi connectivity index (χ0v) is 18.1. The van der Waals surface area contributed by atoms with E-state index in [4.69, 9.17) is 33.2 Å². The Hall–Kier alpha value is -0.800. The zero-order valence-electron chi connectivity index (χ0n) is 18.1. The third-order valence-electron chi connectivity index (χ3n) is 5.65. The Labute approximate surface area is 180 Å². The molecule has 0 amide bonds.